The minimum atomic E-state index is -0.0894. The Labute approximate surface area is 149 Å². The lowest BCUT2D eigenvalue weighted by Gasteiger charge is -2.37. The molecule has 1 aromatic heterocycles. The molecule has 6 heteroatoms. The molecule has 0 aromatic carbocycles. The summed E-state index contributed by atoms with van der Waals surface area (Å²) in [5.41, 5.74) is 2.98. The van der Waals surface area contributed by atoms with Gasteiger partial charge < -0.3 is 10.2 Å². The predicted octanol–water partition coefficient (Wildman–Crippen LogP) is 2.60. The van der Waals surface area contributed by atoms with Crippen molar-refractivity contribution in [2.24, 2.45) is 5.92 Å². The summed E-state index contributed by atoms with van der Waals surface area (Å²) in [6, 6.07) is 0.337. The minimum absolute atomic E-state index is 0.0612. The van der Waals surface area contributed by atoms with Crippen molar-refractivity contribution in [2.45, 2.75) is 77.8 Å². The highest BCUT2D eigenvalue weighted by Crippen LogP contribution is 2.27. The summed E-state index contributed by atoms with van der Waals surface area (Å²) in [6.45, 7) is 4.99. The summed E-state index contributed by atoms with van der Waals surface area (Å²) in [4.78, 5) is 27.0. The molecule has 2 fully saturated rings. The third-order valence-electron chi connectivity index (χ3n) is 5.80. The van der Waals surface area contributed by atoms with Crippen molar-refractivity contribution in [3.63, 3.8) is 0 Å². The molecule has 0 radical (unpaired) electrons. The standard InChI is InChI=1S/C19H30N4O2/c1-13-17(14(2)22-21-13)11-20-19(25)15-9-10-18(24)23(12-15)16-7-5-3-4-6-8-16/h15-16H,3-12H2,1-2H3,(H,20,25)(H,21,22). The molecule has 0 spiro atoms. The van der Waals surface area contributed by atoms with Crippen LogP contribution < -0.4 is 5.32 Å². The first-order valence-corrected chi connectivity index (χ1v) is 9.64. The van der Waals surface area contributed by atoms with Crippen LogP contribution in [-0.4, -0.2) is 39.5 Å². The lowest BCUT2D eigenvalue weighted by atomic mass is 9.93. The van der Waals surface area contributed by atoms with Gasteiger partial charge in [0.15, 0.2) is 0 Å². The molecule has 2 amide bonds. The number of aromatic amines is 1. The fourth-order valence-electron chi connectivity index (χ4n) is 4.16. The normalized spacial score (nSPS) is 22.7. The van der Waals surface area contributed by atoms with E-state index < -0.39 is 0 Å². The number of nitrogens with zero attached hydrogens (tertiary/aromatic N) is 2. The van der Waals surface area contributed by atoms with Crippen molar-refractivity contribution in [2.75, 3.05) is 6.54 Å². The summed E-state index contributed by atoms with van der Waals surface area (Å²) >= 11 is 0. The summed E-state index contributed by atoms with van der Waals surface area (Å²) in [5.74, 6) is 0.206. The highest BCUT2D eigenvalue weighted by atomic mass is 16.2. The molecule has 138 valence electrons. The molecular weight excluding hydrogens is 316 g/mol. The van der Waals surface area contributed by atoms with E-state index in [1.807, 2.05) is 18.7 Å². The first-order chi connectivity index (χ1) is 12.1. The van der Waals surface area contributed by atoms with Gasteiger partial charge in [0.05, 0.1) is 11.6 Å². The van der Waals surface area contributed by atoms with E-state index in [2.05, 4.69) is 15.5 Å². The smallest absolute Gasteiger partial charge is 0.225 e. The van der Waals surface area contributed by atoms with Crippen molar-refractivity contribution in [3.05, 3.63) is 17.0 Å². The van der Waals surface area contributed by atoms with Gasteiger partial charge in [0, 0.05) is 36.8 Å². The van der Waals surface area contributed by atoms with Crippen molar-refractivity contribution in [3.8, 4) is 0 Å². The number of rotatable bonds is 4. The first-order valence-electron chi connectivity index (χ1n) is 9.64. The molecule has 2 heterocycles. The van der Waals surface area contributed by atoms with Crippen LogP contribution in [0, 0.1) is 19.8 Å². The second-order valence-corrected chi connectivity index (χ2v) is 7.56. The van der Waals surface area contributed by atoms with Gasteiger partial charge in [0.25, 0.3) is 0 Å². The number of carbonyl (C=O) groups excluding carboxylic acids is 2. The van der Waals surface area contributed by atoms with E-state index in [1.165, 1.54) is 25.7 Å². The van der Waals surface area contributed by atoms with Crippen LogP contribution in [0.3, 0.4) is 0 Å². The molecule has 2 N–H and O–H groups in total. The maximum absolute atomic E-state index is 12.6. The number of carbonyl (C=O) groups is 2. The van der Waals surface area contributed by atoms with Crippen molar-refractivity contribution < 1.29 is 9.59 Å². The zero-order chi connectivity index (χ0) is 17.8. The third-order valence-corrected chi connectivity index (χ3v) is 5.80. The Balaban J connectivity index is 1.58. The van der Waals surface area contributed by atoms with Crippen LogP contribution in [-0.2, 0) is 16.1 Å². The topological polar surface area (TPSA) is 78.1 Å². The Morgan fingerprint density at radius 3 is 2.56 bits per heavy atom. The molecule has 1 aromatic rings. The van der Waals surface area contributed by atoms with Gasteiger partial charge in [0.1, 0.15) is 0 Å². The van der Waals surface area contributed by atoms with Crippen molar-refractivity contribution >= 4 is 11.8 Å². The Kier molecular flexibility index (Phi) is 5.76. The van der Waals surface area contributed by atoms with Crippen LogP contribution in [0.4, 0.5) is 0 Å². The molecule has 1 aliphatic heterocycles. The van der Waals surface area contributed by atoms with E-state index in [1.54, 1.807) is 0 Å². The molecule has 25 heavy (non-hydrogen) atoms. The third kappa shape index (κ3) is 4.22. The number of H-pyrrole nitrogens is 1. The number of nitrogens with one attached hydrogen (secondary N) is 2. The van der Waals surface area contributed by atoms with Gasteiger partial charge in [-0.2, -0.15) is 5.10 Å². The summed E-state index contributed by atoms with van der Waals surface area (Å²) in [6.07, 6.45) is 8.28. The average Bonchev–Trinajstić information content (AvgIpc) is 2.81. The first kappa shape index (κ1) is 18.0. The minimum Gasteiger partial charge on any atom is -0.352 e. The van der Waals surface area contributed by atoms with Crippen LogP contribution in [0.25, 0.3) is 0 Å². The summed E-state index contributed by atoms with van der Waals surface area (Å²) in [7, 11) is 0. The Bertz CT molecular complexity index is 597. The summed E-state index contributed by atoms with van der Waals surface area (Å²) in [5, 5.41) is 10.2. The fraction of sp³-hybridized carbons (Fsp3) is 0.737. The monoisotopic (exact) mass is 346 g/mol. The van der Waals surface area contributed by atoms with Crippen molar-refractivity contribution in [1.82, 2.24) is 20.4 Å². The van der Waals surface area contributed by atoms with E-state index in [-0.39, 0.29) is 17.7 Å². The van der Waals surface area contributed by atoms with Gasteiger partial charge in [-0.25, -0.2) is 0 Å². The lowest BCUT2D eigenvalue weighted by Crippen LogP contribution is -2.49. The maximum Gasteiger partial charge on any atom is 0.225 e. The number of piperidine rings is 1. The van der Waals surface area contributed by atoms with E-state index in [0.29, 0.717) is 32.0 Å². The van der Waals surface area contributed by atoms with Crippen LogP contribution in [0.1, 0.15) is 68.3 Å². The number of likely N-dealkylation sites (tertiary alicyclic amines) is 1. The number of aryl methyl sites for hydroxylation is 2. The van der Waals surface area contributed by atoms with Crippen LogP contribution in [0.15, 0.2) is 0 Å². The highest BCUT2D eigenvalue weighted by molar-refractivity contribution is 5.84. The second-order valence-electron chi connectivity index (χ2n) is 7.56. The molecule has 1 aliphatic carbocycles. The molecule has 3 rings (SSSR count). The Hall–Kier alpha value is -1.85. The molecule has 1 saturated carbocycles. The molecular formula is C19H30N4O2. The van der Waals surface area contributed by atoms with Gasteiger partial charge >= 0.3 is 0 Å². The van der Waals surface area contributed by atoms with Gasteiger partial charge in [-0.1, -0.05) is 25.7 Å². The highest BCUT2D eigenvalue weighted by Gasteiger charge is 2.34. The van der Waals surface area contributed by atoms with Crippen molar-refractivity contribution in [1.29, 1.82) is 0 Å². The zero-order valence-electron chi connectivity index (χ0n) is 15.4. The molecule has 2 aliphatic rings. The van der Waals surface area contributed by atoms with Gasteiger partial charge in [-0.3, -0.25) is 14.7 Å². The quantitative estimate of drug-likeness (QED) is 0.823. The van der Waals surface area contributed by atoms with Crippen LogP contribution in [0.5, 0.6) is 0 Å². The molecule has 1 atom stereocenters. The van der Waals surface area contributed by atoms with Crippen LogP contribution in [0.2, 0.25) is 0 Å². The van der Waals surface area contributed by atoms with Crippen LogP contribution >= 0.6 is 0 Å². The van der Waals surface area contributed by atoms with Gasteiger partial charge in [-0.15, -0.1) is 0 Å². The summed E-state index contributed by atoms with van der Waals surface area (Å²) < 4.78 is 0. The van der Waals surface area contributed by atoms with E-state index in [4.69, 9.17) is 0 Å². The maximum atomic E-state index is 12.6. The Morgan fingerprint density at radius 2 is 1.92 bits per heavy atom. The number of amides is 2. The van der Waals surface area contributed by atoms with E-state index in [0.717, 1.165) is 29.8 Å². The number of hydrogen-bond acceptors (Lipinski definition) is 3. The van der Waals surface area contributed by atoms with E-state index in [9.17, 15) is 9.59 Å². The SMILES string of the molecule is Cc1n[nH]c(C)c1CNC(=O)C1CCC(=O)N(C2CCCCCC2)C1. The zero-order valence-corrected chi connectivity index (χ0v) is 15.4. The lowest BCUT2D eigenvalue weighted by molar-refractivity contribution is -0.141. The molecule has 6 nitrogen and oxygen atoms in total. The molecule has 1 unspecified atom stereocenters. The number of aromatic nitrogens is 2. The predicted molar refractivity (Wildman–Crippen MR) is 95.8 cm³/mol. The van der Waals surface area contributed by atoms with Gasteiger partial charge in [0.2, 0.25) is 11.8 Å². The largest absolute Gasteiger partial charge is 0.352 e. The van der Waals surface area contributed by atoms with Gasteiger partial charge in [-0.05, 0) is 33.1 Å². The average molecular weight is 346 g/mol. The fourth-order valence-corrected chi connectivity index (χ4v) is 4.16. The molecule has 1 saturated heterocycles. The van der Waals surface area contributed by atoms with E-state index >= 15 is 0 Å². The second kappa shape index (κ2) is 8.02. The number of hydrogen-bond donors (Lipinski definition) is 2. The Morgan fingerprint density at radius 1 is 1.20 bits per heavy atom. The molecule has 0 bridgehead atoms.